The van der Waals surface area contributed by atoms with Crippen LogP contribution in [0.4, 0.5) is 18.9 Å². The van der Waals surface area contributed by atoms with Gasteiger partial charge in [-0.15, -0.1) is 0 Å². The third-order valence-electron chi connectivity index (χ3n) is 7.16. The van der Waals surface area contributed by atoms with Crippen molar-refractivity contribution in [3.05, 3.63) is 129 Å². The molecule has 0 saturated heterocycles. The number of anilines is 1. The molecular weight excluding hydrogens is 731 g/mol. The Bertz CT molecular complexity index is 1850. The first-order valence-electron chi connectivity index (χ1n) is 14.8. The van der Waals surface area contributed by atoms with Gasteiger partial charge in [-0.2, -0.15) is 13.2 Å². The number of sulfonamides is 1. The first-order valence-corrected chi connectivity index (χ1v) is 17.4. The summed E-state index contributed by atoms with van der Waals surface area (Å²) in [5.41, 5.74) is -1.01. The van der Waals surface area contributed by atoms with E-state index >= 15 is 0 Å². The summed E-state index contributed by atoms with van der Waals surface area (Å²) in [5.74, 6) is -1.30. The van der Waals surface area contributed by atoms with Gasteiger partial charge in [-0.05, 0) is 74.4 Å². The largest absolute Gasteiger partial charge is 0.417 e. The molecule has 1 unspecified atom stereocenters. The van der Waals surface area contributed by atoms with Gasteiger partial charge in [-0.1, -0.05) is 88.2 Å². The molecule has 2 amide bonds. The van der Waals surface area contributed by atoms with Crippen molar-refractivity contribution >= 4 is 55.1 Å². The smallest absolute Gasteiger partial charge is 0.350 e. The van der Waals surface area contributed by atoms with E-state index in [0.717, 1.165) is 17.7 Å². The molecule has 1 N–H and O–H groups in total. The van der Waals surface area contributed by atoms with Crippen LogP contribution < -0.4 is 9.62 Å². The van der Waals surface area contributed by atoms with E-state index in [0.29, 0.717) is 20.4 Å². The van der Waals surface area contributed by atoms with Gasteiger partial charge in [0.25, 0.3) is 10.0 Å². The number of alkyl halides is 3. The topological polar surface area (TPSA) is 86.8 Å². The molecule has 0 aliphatic rings. The van der Waals surface area contributed by atoms with Crippen molar-refractivity contribution in [3.63, 3.8) is 0 Å². The monoisotopic (exact) mass is 763 g/mol. The standard InChI is InChI=1S/C35H34BrClF3N3O4S/c1-34(2,3)41-33(45)31(20-24-11-6-4-7-12-24)42(22-25-13-10-14-26(36)19-25)32(44)23-43(48(46,47)28-15-8-5-9-16-28)27-17-18-30(37)29(21-27)35(38,39)40/h4-19,21,31H,20,22-23H2,1-3H3,(H,41,45). The second kappa shape index (κ2) is 15.1. The van der Waals surface area contributed by atoms with Crippen LogP contribution in [0.25, 0.3) is 0 Å². The van der Waals surface area contributed by atoms with E-state index in [1.165, 1.54) is 29.2 Å². The molecule has 254 valence electrons. The number of benzene rings is 4. The van der Waals surface area contributed by atoms with E-state index in [4.69, 9.17) is 11.6 Å². The maximum Gasteiger partial charge on any atom is 0.417 e. The Labute approximate surface area is 291 Å². The third-order valence-corrected chi connectivity index (χ3v) is 9.78. The second-order valence-corrected chi connectivity index (χ2v) is 15.3. The van der Waals surface area contributed by atoms with Gasteiger partial charge < -0.3 is 10.2 Å². The van der Waals surface area contributed by atoms with Crippen LogP contribution in [0.2, 0.25) is 5.02 Å². The van der Waals surface area contributed by atoms with Gasteiger partial charge in [0.1, 0.15) is 12.6 Å². The number of nitrogens with zero attached hydrogens (tertiary/aromatic N) is 2. The molecule has 0 aliphatic carbocycles. The first kappa shape index (κ1) is 37.0. The quantitative estimate of drug-likeness (QED) is 0.169. The number of rotatable bonds is 11. The van der Waals surface area contributed by atoms with Gasteiger partial charge in [0.15, 0.2) is 0 Å². The minimum Gasteiger partial charge on any atom is -0.350 e. The van der Waals surface area contributed by atoms with Crippen molar-refractivity contribution in [2.45, 2.75) is 56.4 Å². The van der Waals surface area contributed by atoms with Crippen LogP contribution in [0.15, 0.2) is 112 Å². The van der Waals surface area contributed by atoms with Crippen LogP contribution in [-0.2, 0) is 38.8 Å². The van der Waals surface area contributed by atoms with E-state index in [1.807, 2.05) is 6.07 Å². The van der Waals surface area contributed by atoms with Gasteiger partial charge in [0, 0.05) is 23.0 Å². The number of amides is 2. The van der Waals surface area contributed by atoms with E-state index in [9.17, 15) is 31.2 Å². The highest BCUT2D eigenvalue weighted by molar-refractivity contribution is 9.10. The maximum absolute atomic E-state index is 14.5. The molecule has 48 heavy (non-hydrogen) atoms. The fourth-order valence-electron chi connectivity index (χ4n) is 4.97. The first-order chi connectivity index (χ1) is 22.5. The number of halogens is 5. The summed E-state index contributed by atoms with van der Waals surface area (Å²) >= 11 is 9.30. The van der Waals surface area contributed by atoms with Crippen molar-refractivity contribution in [1.29, 1.82) is 0 Å². The third kappa shape index (κ3) is 9.61. The number of nitrogens with one attached hydrogen (secondary N) is 1. The van der Waals surface area contributed by atoms with Crippen molar-refractivity contribution in [2.24, 2.45) is 0 Å². The molecule has 0 bridgehead atoms. The highest BCUT2D eigenvalue weighted by Gasteiger charge is 2.38. The van der Waals surface area contributed by atoms with Crippen LogP contribution in [0.3, 0.4) is 0 Å². The molecule has 0 aliphatic heterocycles. The maximum atomic E-state index is 14.5. The average Bonchev–Trinajstić information content (AvgIpc) is 3.01. The second-order valence-electron chi connectivity index (χ2n) is 12.1. The van der Waals surface area contributed by atoms with Crippen molar-refractivity contribution in [2.75, 3.05) is 10.8 Å². The Balaban J connectivity index is 1.87. The lowest BCUT2D eigenvalue weighted by Gasteiger charge is -2.35. The lowest BCUT2D eigenvalue weighted by atomic mass is 10.0. The summed E-state index contributed by atoms with van der Waals surface area (Å²) in [7, 11) is -4.60. The average molecular weight is 765 g/mol. The molecule has 4 aromatic carbocycles. The SMILES string of the molecule is CC(C)(C)NC(=O)C(Cc1ccccc1)N(Cc1cccc(Br)c1)C(=O)CN(c1ccc(Cl)c(C(F)(F)F)c1)S(=O)(=O)c1ccccc1. The lowest BCUT2D eigenvalue weighted by molar-refractivity contribution is -0.140. The minimum atomic E-state index is -4.90. The molecule has 1 atom stereocenters. The number of carbonyl (C=O) groups is 2. The normalized spacial score (nSPS) is 12.7. The summed E-state index contributed by atoms with van der Waals surface area (Å²) in [4.78, 5) is 29.5. The molecule has 0 spiro atoms. The van der Waals surface area contributed by atoms with Crippen LogP contribution in [0.5, 0.6) is 0 Å². The Morgan fingerprint density at radius 2 is 1.46 bits per heavy atom. The van der Waals surface area contributed by atoms with Gasteiger partial charge >= 0.3 is 6.18 Å². The summed E-state index contributed by atoms with van der Waals surface area (Å²) in [6.07, 6.45) is -4.83. The Morgan fingerprint density at radius 1 is 0.854 bits per heavy atom. The molecule has 7 nitrogen and oxygen atoms in total. The zero-order chi connectivity index (χ0) is 35.3. The van der Waals surface area contributed by atoms with E-state index in [1.54, 1.807) is 75.4 Å². The number of hydrogen-bond acceptors (Lipinski definition) is 4. The summed E-state index contributed by atoms with van der Waals surface area (Å²) < 4.78 is 71.3. The van der Waals surface area contributed by atoms with Gasteiger partial charge in [0.2, 0.25) is 11.8 Å². The molecule has 4 aromatic rings. The van der Waals surface area contributed by atoms with Crippen LogP contribution in [0, 0.1) is 0 Å². The number of carbonyl (C=O) groups excluding carboxylic acids is 2. The highest BCUT2D eigenvalue weighted by Crippen LogP contribution is 2.38. The zero-order valence-corrected chi connectivity index (χ0v) is 29.5. The predicted molar refractivity (Wildman–Crippen MR) is 184 cm³/mol. The molecule has 0 radical (unpaired) electrons. The van der Waals surface area contributed by atoms with Crippen molar-refractivity contribution in [1.82, 2.24) is 10.2 Å². The minimum absolute atomic E-state index is 0.0765. The van der Waals surface area contributed by atoms with Crippen LogP contribution >= 0.6 is 27.5 Å². The van der Waals surface area contributed by atoms with Crippen LogP contribution in [0.1, 0.15) is 37.5 Å². The number of hydrogen-bond donors (Lipinski definition) is 1. The van der Waals surface area contributed by atoms with Gasteiger partial charge in [-0.3, -0.25) is 13.9 Å². The molecule has 0 heterocycles. The van der Waals surface area contributed by atoms with Crippen molar-refractivity contribution < 1.29 is 31.2 Å². The Morgan fingerprint density at radius 3 is 2.04 bits per heavy atom. The fourth-order valence-corrected chi connectivity index (χ4v) is 7.07. The molecular formula is C35H34BrClF3N3O4S. The van der Waals surface area contributed by atoms with Crippen molar-refractivity contribution in [3.8, 4) is 0 Å². The molecule has 0 fully saturated rings. The Hall–Kier alpha value is -3.87. The van der Waals surface area contributed by atoms with Gasteiger partial charge in [0.05, 0.1) is 21.2 Å². The molecule has 0 aromatic heterocycles. The zero-order valence-electron chi connectivity index (χ0n) is 26.3. The summed E-state index contributed by atoms with van der Waals surface area (Å²) in [6, 6.07) is 24.6. The fraction of sp³-hybridized carbons (Fsp3) is 0.257. The summed E-state index contributed by atoms with van der Waals surface area (Å²) in [6.45, 7) is 4.34. The van der Waals surface area contributed by atoms with E-state index in [2.05, 4.69) is 21.2 Å². The van der Waals surface area contributed by atoms with Gasteiger partial charge in [-0.25, -0.2) is 8.42 Å². The Kier molecular flexibility index (Phi) is 11.6. The molecule has 0 saturated carbocycles. The predicted octanol–water partition coefficient (Wildman–Crippen LogP) is 7.87. The molecule has 13 heteroatoms. The summed E-state index contributed by atoms with van der Waals surface area (Å²) in [5, 5.41) is 2.30. The lowest BCUT2D eigenvalue weighted by Crippen LogP contribution is -2.56. The molecule has 4 rings (SSSR count). The van der Waals surface area contributed by atoms with E-state index in [-0.39, 0.29) is 17.9 Å². The van der Waals surface area contributed by atoms with E-state index < -0.39 is 62.4 Å². The van der Waals surface area contributed by atoms with Crippen LogP contribution in [-0.4, -0.2) is 43.3 Å². The highest BCUT2D eigenvalue weighted by atomic mass is 79.9.